The molecule has 2 rings (SSSR count). The Morgan fingerprint density at radius 3 is 2.81 bits per heavy atom. The van der Waals surface area contributed by atoms with E-state index in [2.05, 4.69) is 14.9 Å². The number of nitrogens with zero attached hydrogens (tertiary/aromatic N) is 4. The first kappa shape index (κ1) is 11.7. The Bertz CT molecular complexity index is 282. The van der Waals surface area contributed by atoms with Gasteiger partial charge in [-0.15, -0.1) is 0 Å². The van der Waals surface area contributed by atoms with Gasteiger partial charge in [-0.25, -0.2) is 0 Å². The summed E-state index contributed by atoms with van der Waals surface area (Å²) in [6.07, 6.45) is 5.13. The molecule has 1 heterocycles. The van der Waals surface area contributed by atoms with Gasteiger partial charge in [0.2, 0.25) is 0 Å². The van der Waals surface area contributed by atoms with Crippen LogP contribution in [0.2, 0.25) is 0 Å². The molecule has 2 aliphatic rings. The van der Waals surface area contributed by atoms with Gasteiger partial charge in [0.25, 0.3) is 0 Å². The average Bonchev–Trinajstić information content (AvgIpc) is 2.88. The Balaban J connectivity index is 1.93. The Hall–Kier alpha value is -0.770. The van der Waals surface area contributed by atoms with Crippen LogP contribution < -0.4 is 0 Å². The second-order valence-corrected chi connectivity index (χ2v) is 5.14. The van der Waals surface area contributed by atoms with Crippen molar-refractivity contribution in [1.29, 1.82) is 0 Å². The maximum Gasteiger partial charge on any atom is 0.0477 e. The van der Waals surface area contributed by atoms with Crippen LogP contribution >= 0.6 is 0 Å². The molecular formula is C11H20N4O. The normalized spacial score (nSPS) is 28.4. The van der Waals surface area contributed by atoms with Crippen molar-refractivity contribution in [3.05, 3.63) is 10.4 Å². The molecule has 1 unspecified atom stereocenters. The molecule has 1 atom stereocenters. The molecule has 5 heteroatoms. The molecule has 1 saturated carbocycles. The summed E-state index contributed by atoms with van der Waals surface area (Å²) >= 11 is 0. The molecule has 0 radical (unpaired) electrons. The maximum absolute atomic E-state index is 9.47. The number of likely N-dealkylation sites (tertiary alicyclic amines) is 1. The Labute approximate surface area is 96.1 Å². The van der Waals surface area contributed by atoms with E-state index in [1.54, 1.807) is 0 Å². The van der Waals surface area contributed by atoms with E-state index in [9.17, 15) is 5.11 Å². The largest absolute Gasteiger partial charge is 0.396 e. The summed E-state index contributed by atoms with van der Waals surface area (Å²) in [4.78, 5) is 5.12. The highest BCUT2D eigenvalue weighted by Gasteiger charge is 2.47. The lowest BCUT2D eigenvalue weighted by Crippen LogP contribution is -2.29. The number of aliphatic hydroxyl groups is 1. The van der Waals surface area contributed by atoms with Crippen LogP contribution in [-0.2, 0) is 0 Å². The van der Waals surface area contributed by atoms with Crippen molar-refractivity contribution < 1.29 is 5.11 Å². The van der Waals surface area contributed by atoms with Gasteiger partial charge in [-0.1, -0.05) is 18.0 Å². The van der Waals surface area contributed by atoms with Crippen molar-refractivity contribution >= 4 is 0 Å². The minimum absolute atomic E-state index is 0.304. The van der Waals surface area contributed by atoms with Crippen LogP contribution in [0.4, 0.5) is 0 Å². The zero-order chi connectivity index (χ0) is 11.4. The molecule has 1 spiro atoms. The highest BCUT2D eigenvalue weighted by atomic mass is 16.3. The molecule has 1 aliphatic heterocycles. The third-order valence-corrected chi connectivity index (χ3v) is 4.28. The van der Waals surface area contributed by atoms with Gasteiger partial charge in [-0.3, -0.25) is 0 Å². The molecular weight excluding hydrogens is 204 g/mol. The molecule has 90 valence electrons. The monoisotopic (exact) mass is 224 g/mol. The van der Waals surface area contributed by atoms with Gasteiger partial charge in [-0.2, -0.15) is 0 Å². The molecule has 1 aliphatic carbocycles. The number of aliphatic hydroxyl groups excluding tert-OH is 1. The van der Waals surface area contributed by atoms with Crippen LogP contribution in [-0.4, -0.2) is 42.8 Å². The molecule has 5 nitrogen and oxygen atoms in total. The third-order valence-electron chi connectivity index (χ3n) is 4.28. The van der Waals surface area contributed by atoms with Crippen molar-refractivity contribution in [3.63, 3.8) is 0 Å². The first-order valence-corrected chi connectivity index (χ1v) is 6.15. The molecule has 0 aromatic heterocycles. The molecule has 0 aromatic rings. The van der Waals surface area contributed by atoms with Gasteiger partial charge in [0.15, 0.2) is 0 Å². The van der Waals surface area contributed by atoms with Gasteiger partial charge in [0, 0.05) is 43.6 Å². The summed E-state index contributed by atoms with van der Waals surface area (Å²) in [5.74, 6) is 0.432. The zero-order valence-electron chi connectivity index (χ0n) is 9.68. The Morgan fingerprint density at radius 1 is 1.44 bits per heavy atom. The van der Waals surface area contributed by atoms with E-state index in [1.807, 2.05) is 0 Å². The van der Waals surface area contributed by atoms with Crippen LogP contribution in [0.1, 0.15) is 25.7 Å². The van der Waals surface area contributed by atoms with Crippen LogP contribution in [0.25, 0.3) is 10.4 Å². The van der Waals surface area contributed by atoms with E-state index in [1.165, 1.54) is 25.7 Å². The number of azide groups is 1. The summed E-state index contributed by atoms with van der Waals surface area (Å²) < 4.78 is 0. The number of hydrogen-bond donors (Lipinski definition) is 1. The van der Waals surface area contributed by atoms with E-state index < -0.39 is 0 Å². The van der Waals surface area contributed by atoms with Crippen molar-refractivity contribution in [2.45, 2.75) is 25.7 Å². The molecule has 0 amide bonds. The van der Waals surface area contributed by atoms with E-state index >= 15 is 0 Å². The third kappa shape index (κ3) is 2.17. The highest BCUT2D eigenvalue weighted by molar-refractivity contribution is 4.99. The topological polar surface area (TPSA) is 72.2 Å². The van der Waals surface area contributed by atoms with E-state index in [-0.39, 0.29) is 0 Å². The van der Waals surface area contributed by atoms with E-state index in [0.717, 1.165) is 19.6 Å². The summed E-state index contributed by atoms with van der Waals surface area (Å²) in [6.45, 7) is 3.74. The van der Waals surface area contributed by atoms with Crippen LogP contribution in [0.5, 0.6) is 0 Å². The molecule has 2 fully saturated rings. The second kappa shape index (κ2) is 5.04. The smallest absolute Gasteiger partial charge is 0.0477 e. The lowest BCUT2D eigenvalue weighted by Gasteiger charge is -2.28. The van der Waals surface area contributed by atoms with E-state index in [0.29, 0.717) is 24.5 Å². The lowest BCUT2D eigenvalue weighted by molar-refractivity contribution is 0.137. The molecule has 0 bridgehead atoms. The molecule has 1 N–H and O–H groups in total. The van der Waals surface area contributed by atoms with Crippen molar-refractivity contribution in [1.82, 2.24) is 4.90 Å². The summed E-state index contributed by atoms with van der Waals surface area (Å²) in [6, 6.07) is 0. The zero-order valence-corrected chi connectivity index (χ0v) is 9.68. The fourth-order valence-corrected chi connectivity index (χ4v) is 3.44. The van der Waals surface area contributed by atoms with Gasteiger partial charge in [-0.05, 0) is 23.8 Å². The van der Waals surface area contributed by atoms with Gasteiger partial charge < -0.3 is 10.0 Å². The van der Waals surface area contributed by atoms with Crippen LogP contribution in [0.15, 0.2) is 5.11 Å². The fourth-order valence-electron chi connectivity index (χ4n) is 3.44. The molecule has 16 heavy (non-hydrogen) atoms. The van der Waals surface area contributed by atoms with Crippen LogP contribution in [0, 0.1) is 11.3 Å². The summed E-state index contributed by atoms with van der Waals surface area (Å²) in [5.41, 5.74) is 8.61. The lowest BCUT2D eigenvalue weighted by atomic mass is 9.77. The van der Waals surface area contributed by atoms with Crippen molar-refractivity contribution in [2.24, 2.45) is 16.4 Å². The first-order valence-electron chi connectivity index (χ1n) is 6.15. The summed E-state index contributed by atoms with van der Waals surface area (Å²) in [7, 11) is 0. The predicted octanol–water partition coefficient (Wildman–Crippen LogP) is 1.78. The predicted molar refractivity (Wildman–Crippen MR) is 61.9 cm³/mol. The van der Waals surface area contributed by atoms with Crippen molar-refractivity contribution in [2.75, 3.05) is 32.8 Å². The Kier molecular flexibility index (Phi) is 3.69. The Morgan fingerprint density at radius 2 is 2.19 bits per heavy atom. The minimum atomic E-state index is 0.304. The van der Waals surface area contributed by atoms with Crippen LogP contribution in [0.3, 0.4) is 0 Å². The molecule has 0 aromatic carbocycles. The number of hydrogen-bond acceptors (Lipinski definition) is 3. The van der Waals surface area contributed by atoms with E-state index in [4.69, 9.17) is 5.53 Å². The van der Waals surface area contributed by atoms with Gasteiger partial charge in [0.1, 0.15) is 0 Å². The summed E-state index contributed by atoms with van der Waals surface area (Å²) in [5, 5.41) is 13.0. The van der Waals surface area contributed by atoms with Crippen molar-refractivity contribution in [3.8, 4) is 0 Å². The fraction of sp³-hybridized carbons (Fsp3) is 1.00. The standard InChI is InChI=1S/C11H20N4O/c12-14-13-5-6-15-7-10(8-16)11(9-15)3-1-2-4-11/h10,16H,1-9H2. The quantitative estimate of drug-likeness (QED) is 0.449. The second-order valence-electron chi connectivity index (χ2n) is 5.14. The maximum atomic E-state index is 9.47. The van der Waals surface area contributed by atoms with Gasteiger partial charge in [0.05, 0.1) is 0 Å². The SMILES string of the molecule is [N-]=[N+]=NCCN1CC(CO)C2(CCCC2)C1. The average molecular weight is 224 g/mol. The number of rotatable bonds is 4. The minimum Gasteiger partial charge on any atom is -0.396 e. The highest BCUT2D eigenvalue weighted by Crippen LogP contribution is 2.48. The van der Waals surface area contributed by atoms with Gasteiger partial charge >= 0.3 is 0 Å². The first-order chi connectivity index (χ1) is 7.80. The molecule has 1 saturated heterocycles.